The molecule has 2 aromatic rings. The summed E-state index contributed by atoms with van der Waals surface area (Å²) in [7, 11) is 1.88. The van der Waals surface area contributed by atoms with Crippen LogP contribution in [0, 0.1) is 0 Å². The molecule has 1 aliphatic heterocycles. The van der Waals surface area contributed by atoms with Crippen LogP contribution < -0.4 is 4.74 Å². The lowest BCUT2D eigenvalue weighted by molar-refractivity contribution is -0.137. The van der Waals surface area contributed by atoms with Gasteiger partial charge >= 0.3 is 0 Å². The van der Waals surface area contributed by atoms with Gasteiger partial charge in [0.25, 0.3) is 11.8 Å². The zero-order valence-electron chi connectivity index (χ0n) is 19.6. The highest BCUT2D eigenvalue weighted by Gasteiger charge is 2.40. The van der Waals surface area contributed by atoms with Gasteiger partial charge in [-0.2, -0.15) is 0 Å². The molecule has 170 valence electrons. The number of carbonyl (C=O) groups excluding carboxylic acids is 2. The lowest BCUT2D eigenvalue weighted by Crippen LogP contribution is -2.34. The van der Waals surface area contributed by atoms with E-state index in [0.717, 1.165) is 42.6 Å². The Morgan fingerprint density at radius 1 is 0.906 bits per heavy atom. The number of nitrogens with zero attached hydrogens (tertiary/aromatic N) is 2. The van der Waals surface area contributed by atoms with Crippen LogP contribution >= 0.6 is 0 Å². The van der Waals surface area contributed by atoms with Crippen LogP contribution in [0.3, 0.4) is 0 Å². The van der Waals surface area contributed by atoms with Crippen molar-refractivity contribution >= 4 is 17.4 Å². The number of hydrogen-bond acceptors (Lipinski definition) is 4. The van der Waals surface area contributed by atoms with Gasteiger partial charge < -0.3 is 9.64 Å². The smallest absolute Gasteiger partial charge is 0.277 e. The van der Waals surface area contributed by atoms with E-state index in [-0.39, 0.29) is 17.9 Å². The number of carbonyl (C=O) groups is 2. The highest BCUT2D eigenvalue weighted by Crippen LogP contribution is 2.33. The van der Waals surface area contributed by atoms with Crippen molar-refractivity contribution in [3.8, 4) is 5.75 Å². The van der Waals surface area contributed by atoms with Crippen LogP contribution in [0.15, 0.2) is 60.3 Å². The van der Waals surface area contributed by atoms with Gasteiger partial charge in [0.1, 0.15) is 11.4 Å². The van der Waals surface area contributed by atoms with Gasteiger partial charge in [0.2, 0.25) is 0 Å². The number of benzene rings is 2. The van der Waals surface area contributed by atoms with Crippen molar-refractivity contribution in [2.45, 2.75) is 59.1 Å². The second-order valence-electron chi connectivity index (χ2n) is 8.58. The second kappa shape index (κ2) is 11.0. The topological polar surface area (TPSA) is 49.9 Å². The van der Waals surface area contributed by atoms with E-state index in [1.165, 1.54) is 4.90 Å². The van der Waals surface area contributed by atoms with E-state index in [0.29, 0.717) is 24.4 Å². The van der Waals surface area contributed by atoms with Crippen LogP contribution in [-0.4, -0.2) is 41.3 Å². The predicted molar refractivity (Wildman–Crippen MR) is 128 cm³/mol. The Morgan fingerprint density at radius 3 is 2.22 bits per heavy atom. The summed E-state index contributed by atoms with van der Waals surface area (Å²) < 4.78 is 5.74. The minimum absolute atomic E-state index is 0.0703. The zero-order chi connectivity index (χ0) is 23.1. The van der Waals surface area contributed by atoms with Crippen LogP contribution in [0.4, 0.5) is 0 Å². The largest absolute Gasteiger partial charge is 0.491 e. The fraction of sp³-hybridized carbons (Fsp3) is 0.407. The first-order valence-electron chi connectivity index (χ1n) is 11.5. The first kappa shape index (κ1) is 23.6. The zero-order valence-corrected chi connectivity index (χ0v) is 19.6. The molecule has 0 fully saturated rings. The monoisotopic (exact) mass is 434 g/mol. The number of imide groups is 1. The van der Waals surface area contributed by atoms with Gasteiger partial charge in [-0.15, -0.1) is 0 Å². The summed E-state index contributed by atoms with van der Waals surface area (Å²) in [5.74, 6) is 0.332. The Hall–Kier alpha value is -3.08. The Kier molecular flexibility index (Phi) is 8.09. The molecule has 3 rings (SSSR count). The van der Waals surface area contributed by atoms with Gasteiger partial charge in [0.15, 0.2) is 0 Å². The Morgan fingerprint density at radius 2 is 1.59 bits per heavy atom. The standard InChI is InChI=1S/C27H34N2O3/c1-5-6-7-11-18-29-26(30)24(22-14-16-23(17-15-22)32-20(2)3)25(27(29)31)28(4)19-21-12-9-8-10-13-21/h8-10,12-17,20H,5-7,11,18-19H2,1-4H3. The highest BCUT2D eigenvalue weighted by atomic mass is 16.5. The lowest BCUT2D eigenvalue weighted by atomic mass is 10.0. The van der Waals surface area contributed by atoms with Crippen LogP contribution in [-0.2, 0) is 16.1 Å². The maximum Gasteiger partial charge on any atom is 0.277 e. The third kappa shape index (κ3) is 5.58. The summed E-state index contributed by atoms with van der Waals surface area (Å²) in [6, 6.07) is 17.4. The van der Waals surface area contributed by atoms with Gasteiger partial charge in [0.05, 0.1) is 11.7 Å². The van der Waals surface area contributed by atoms with Gasteiger partial charge in [-0.1, -0.05) is 68.7 Å². The molecule has 0 saturated carbocycles. The minimum Gasteiger partial charge on any atom is -0.491 e. The van der Waals surface area contributed by atoms with E-state index < -0.39 is 0 Å². The summed E-state index contributed by atoms with van der Waals surface area (Å²) in [5, 5.41) is 0. The number of hydrogen-bond donors (Lipinski definition) is 0. The summed E-state index contributed by atoms with van der Waals surface area (Å²) in [6.07, 6.45) is 4.13. The maximum atomic E-state index is 13.4. The molecule has 0 radical (unpaired) electrons. The molecule has 1 aliphatic rings. The van der Waals surface area contributed by atoms with Crippen molar-refractivity contribution in [2.24, 2.45) is 0 Å². The quantitative estimate of drug-likeness (QED) is 0.357. The van der Waals surface area contributed by atoms with Gasteiger partial charge in [-0.25, -0.2) is 0 Å². The maximum absolute atomic E-state index is 13.4. The number of ether oxygens (including phenoxy) is 1. The Bertz CT molecular complexity index is 949. The Labute approximate surface area is 191 Å². The van der Waals surface area contributed by atoms with Crippen molar-refractivity contribution in [1.29, 1.82) is 0 Å². The number of unbranched alkanes of at least 4 members (excludes halogenated alkanes) is 3. The molecule has 5 heteroatoms. The third-order valence-electron chi connectivity index (χ3n) is 5.54. The van der Waals surface area contributed by atoms with Gasteiger partial charge in [0, 0.05) is 20.1 Å². The van der Waals surface area contributed by atoms with Crippen molar-refractivity contribution in [3.05, 3.63) is 71.4 Å². The third-order valence-corrected chi connectivity index (χ3v) is 5.54. The summed E-state index contributed by atoms with van der Waals surface area (Å²) >= 11 is 0. The van der Waals surface area contributed by atoms with E-state index in [2.05, 4.69) is 6.92 Å². The molecule has 5 nitrogen and oxygen atoms in total. The Balaban J connectivity index is 1.91. The van der Waals surface area contributed by atoms with E-state index in [9.17, 15) is 9.59 Å². The first-order valence-corrected chi connectivity index (χ1v) is 11.5. The van der Waals surface area contributed by atoms with E-state index in [4.69, 9.17) is 4.74 Å². The summed E-state index contributed by atoms with van der Waals surface area (Å²) in [5.41, 5.74) is 2.77. The molecule has 0 unspecified atom stereocenters. The van der Waals surface area contributed by atoms with Crippen molar-refractivity contribution in [3.63, 3.8) is 0 Å². The van der Waals surface area contributed by atoms with Crippen LogP contribution in [0.2, 0.25) is 0 Å². The van der Waals surface area contributed by atoms with Crippen molar-refractivity contribution in [2.75, 3.05) is 13.6 Å². The molecule has 32 heavy (non-hydrogen) atoms. The molecule has 2 amide bonds. The van der Waals surface area contributed by atoms with Crippen molar-refractivity contribution in [1.82, 2.24) is 9.80 Å². The molecule has 1 heterocycles. The second-order valence-corrected chi connectivity index (χ2v) is 8.58. The van der Waals surface area contributed by atoms with E-state index in [1.54, 1.807) is 0 Å². The molecule has 0 N–H and O–H groups in total. The van der Waals surface area contributed by atoms with E-state index >= 15 is 0 Å². The fourth-order valence-corrected chi connectivity index (χ4v) is 3.99. The highest BCUT2D eigenvalue weighted by molar-refractivity contribution is 6.35. The van der Waals surface area contributed by atoms with Crippen LogP contribution in [0.5, 0.6) is 5.75 Å². The van der Waals surface area contributed by atoms with Crippen molar-refractivity contribution < 1.29 is 14.3 Å². The number of rotatable bonds is 11. The predicted octanol–water partition coefficient (Wildman–Crippen LogP) is 5.27. The average molecular weight is 435 g/mol. The first-order chi connectivity index (χ1) is 15.4. The van der Waals surface area contributed by atoms with Gasteiger partial charge in [-0.3, -0.25) is 14.5 Å². The van der Waals surface area contributed by atoms with Gasteiger partial charge in [-0.05, 0) is 43.5 Å². The molecule has 0 saturated heterocycles. The minimum atomic E-state index is -0.209. The molecule has 0 aromatic heterocycles. The van der Waals surface area contributed by atoms with E-state index in [1.807, 2.05) is 80.4 Å². The normalized spacial score (nSPS) is 14.0. The SMILES string of the molecule is CCCCCCN1C(=O)C(c2ccc(OC(C)C)cc2)=C(N(C)Cc2ccccc2)C1=O. The number of likely N-dealkylation sites (N-methyl/N-ethyl adjacent to an activating group) is 1. The average Bonchev–Trinajstić information content (AvgIpc) is 3.02. The molecule has 0 aliphatic carbocycles. The van der Waals surface area contributed by atoms with Crippen LogP contribution in [0.1, 0.15) is 57.6 Å². The fourth-order valence-electron chi connectivity index (χ4n) is 3.99. The molecular weight excluding hydrogens is 400 g/mol. The molecular formula is C27H34N2O3. The molecule has 0 atom stereocenters. The number of amides is 2. The van der Waals surface area contributed by atoms with Crippen LogP contribution in [0.25, 0.3) is 5.57 Å². The molecule has 0 bridgehead atoms. The molecule has 2 aromatic carbocycles. The summed E-state index contributed by atoms with van der Waals surface area (Å²) in [6.45, 7) is 7.11. The lowest BCUT2D eigenvalue weighted by Gasteiger charge is -2.21. The summed E-state index contributed by atoms with van der Waals surface area (Å²) in [4.78, 5) is 30.1. The molecule has 0 spiro atoms.